The Labute approximate surface area is 116 Å². The number of nitrogens with zero attached hydrogens (tertiary/aromatic N) is 1. The number of nitrogen functional groups attached to an aromatic ring is 1. The Hall–Kier alpha value is -0.580. The molecule has 0 amide bonds. The van der Waals surface area contributed by atoms with Crippen molar-refractivity contribution in [2.75, 3.05) is 18.8 Å². The van der Waals surface area contributed by atoms with Gasteiger partial charge in [-0.3, -0.25) is 4.90 Å². The topological polar surface area (TPSA) is 49.5 Å². The van der Waals surface area contributed by atoms with Gasteiger partial charge in [0.2, 0.25) is 0 Å². The largest absolute Gasteiger partial charge is 0.398 e. The molecule has 3 rings (SSSR count). The molecule has 3 N–H and O–H groups in total. The second-order valence-corrected chi connectivity index (χ2v) is 6.47. The summed E-state index contributed by atoms with van der Waals surface area (Å²) in [5, 5.41) is 9.91. The zero-order valence-electron chi connectivity index (χ0n) is 10.3. The molecule has 1 aliphatic carbocycles. The number of fused-ring (bicyclic) bond motifs is 1. The van der Waals surface area contributed by atoms with E-state index in [1.807, 2.05) is 12.1 Å². The SMILES string of the molecule is Nc1cc(CN2CC3CCC(O)C3C2)ccc1Br. The number of anilines is 1. The predicted molar refractivity (Wildman–Crippen MR) is 76.1 cm³/mol. The Morgan fingerprint density at radius 2 is 2.17 bits per heavy atom. The molecule has 2 aliphatic rings. The van der Waals surface area contributed by atoms with Crippen molar-refractivity contribution < 1.29 is 5.11 Å². The van der Waals surface area contributed by atoms with Crippen molar-refractivity contribution in [1.29, 1.82) is 0 Å². The fraction of sp³-hybridized carbons (Fsp3) is 0.571. The number of nitrogens with two attached hydrogens (primary N) is 1. The summed E-state index contributed by atoms with van der Waals surface area (Å²) in [6.07, 6.45) is 2.11. The summed E-state index contributed by atoms with van der Waals surface area (Å²) in [5.74, 6) is 1.20. The van der Waals surface area contributed by atoms with Crippen LogP contribution in [0.15, 0.2) is 22.7 Å². The van der Waals surface area contributed by atoms with Gasteiger partial charge in [-0.05, 0) is 52.4 Å². The van der Waals surface area contributed by atoms with E-state index in [-0.39, 0.29) is 6.10 Å². The monoisotopic (exact) mass is 310 g/mol. The minimum absolute atomic E-state index is 0.0741. The lowest BCUT2D eigenvalue weighted by Crippen LogP contribution is -2.24. The molecule has 0 aromatic heterocycles. The maximum atomic E-state index is 9.91. The highest BCUT2D eigenvalue weighted by atomic mass is 79.9. The molecule has 1 aromatic carbocycles. The van der Waals surface area contributed by atoms with Crippen molar-refractivity contribution in [3.8, 4) is 0 Å². The lowest BCUT2D eigenvalue weighted by Gasteiger charge is -2.18. The molecule has 1 aromatic rings. The number of aliphatic hydroxyl groups is 1. The molecule has 1 saturated carbocycles. The molecular weight excluding hydrogens is 292 g/mol. The lowest BCUT2D eigenvalue weighted by atomic mass is 10.00. The van der Waals surface area contributed by atoms with Crippen LogP contribution in [0.5, 0.6) is 0 Å². The lowest BCUT2D eigenvalue weighted by molar-refractivity contribution is 0.123. The molecule has 18 heavy (non-hydrogen) atoms. The van der Waals surface area contributed by atoms with Gasteiger partial charge in [0.05, 0.1) is 6.10 Å². The van der Waals surface area contributed by atoms with E-state index in [0.29, 0.717) is 11.8 Å². The summed E-state index contributed by atoms with van der Waals surface area (Å²) in [6, 6.07) is 6.16. The first-order valence-corrected chi connectivity index (χ1v) is 7.37. The van der Waals surface area contributed by atoms with Gasteiger partial charge in [-0.1, -0.05) is 6.07 Å². The van der Waals surface area contributed by atoms with Crippen molar-refractivity contribution in [2.45, 2.75) is 25.5 Å². The van der Waals surface area contributed by atoms with Crippen LogP contribution in [0.3, 0.4) is 0 Å². The second-order valence-electron chi connectivity index (χ2n) is 5.62. The van der Waals surface area contributed by atoms with Gasteiger partial charge in [-0.25, -0.2) is 0 Å². The van der Waals surface area contributed by atoms with E-state index >= 15 is 0 Å². The Kier molecular flexibility index (Phi) is 3.34. The average molecular weight is 311 g/mol. The van der Waals surface area contributed by atoms with E-state index in [0.717, 1.165) is 36.2 Å². The third-order valence-corrected chi connectivity index (χ3v) is 5.08. The molecule has 3 unspecified atom stereocenters. The summed E-state index contributed by atoms with van der Waals surface area (Å²) >= 11 is 3.42. The van der Waals surface area contributed by atoms with Crippen molar-refractivity contribution >= 4 is 21.6 Å². The number of likely N-dealkylation sites (tertiary alicyclic amines) is 1. The van der Waals surface area contributed by atoms with Crippen LogP contribution in [0.25, 0.3) is 0 Å². The molecule has 1 aliphatic heterocycles. The van der Waals surface area contributed by atoms with E-state index < -0.39 is 0 Å². The summed E-state index contributed by atoms with van der Waals surface area (Å²) in [4.78, 5) is 2.44. The highest BCUT2D eigenvalue weighted by molar-refractivity contribution is 9.10. The van der Waals surface area contributed by atoms with Gasteiger partial charge >= 0.3 is 0 Å². The van der Waals surface area contributed by atoms with E-state index in [1.165, 1.54) is 12.0 Å². The molecule has 98 valence electrons. The molecule has 0 spiro atoms. The fourth-order valence-electron chi connectivity index (χ4n) is 3.41. The first kappa shape index (κ1) is 12.5. The number of hydrogen-bond donors (Lipinski definition) is 2. The van der Waals surface area contributed by atoms with Gasteiger partial charge in [0.25, 0.3) is 0 Å². The highest BCUT2D eigenvalue weighted by Gasteiger charge is 2.41. The van der Waals surface area contributed by atoms with E-state index in [9.17, 15) is 5.11 Å². The quantitative estimate of drug-likeness (QED) is 0.824. The zero-order chi connectivity index (χ0) is 12.7. The van der Waals surface area contributed by atoms with E-state index in [2.05, 4.69) is 26.9 Å². The second kappa shape index (κ2) is 4.83. The van der Waals surface area contributed by atoms with Crippen LogP contribution < -0.4 is 5.73 Å². The van der Waals surface area contributed by atoms with Gasteiger partial charge in [0.15, 0.2) is 0 Å². The molecule has 0 bridgehead atoms. The summed E-state index contributed by atoms with van der Waals surface area (Å²) in [7, 11) is 0. The van der Waals surface area contributed by atoms with Gasteiger partial charge < -0.3 is 10.8 Å². The maximum Gasteiger partial charge on any atom is 0.0583 e. The third kappa shape index (κ3) is 2.29. The molecule has 2 fully saturated rings. The van der Waals surface area contributed by atoms with Crippen LogP contribution in [0.2, 0.25) is 0 Å². The van der Waals surface area contributed by atoms with Crippen molar-refractivity contribution in [3.63, 3.8) is 0 Å². The van der Waals surface area contributed by atoms with Crippen LogP contribution in [0.1, 0.15) is 18.4 Å². The highest BCUT2D eigenvalue weighted by Crippen LogP contribution is 2.38. The Morgan fingerprint density at radius 3 is 2.89 bits per heavy atom. The first-order chi connectivity index (χ1) is 8.63. The molecule has 1 heterocycles. The van der Waals surface area contributed by atoms with Gasteiger partial charge in [0, 0.05) is 35.7 Å². The third-order valence-electron chi connectivity index (χ3n) is 4.36. The molecule has 3 nitrogen and oxygen atoms in total. The van der Waals surface area contributed by atoms with Gasteiger partial charge in [-0.15, -0.1) is 0 Å². The van der Waals surface area contributed by atoms with Gasteiger partial charge in [0.1, 0.15) is 0 Å². The number of aliphatic hydroxyl groups excluding tert-OH is 1. The Bertz CT molecular complexity index is 451. The number of benzene rings is 1. The Morgan fingerprint density at radius 1 is 1.33 bits per heavy atom. The van der Waals surface area contributed by atoms with Crippen molar-refractivity contribution in [2.24, 2.45) is 11.8 Å². The molecule has 1 saturated heterocycles. The van der Waals surface area contributed by atoms with Crippen LogP contribution in [0, 0.1) is 11.8 Å². The molecule has 3 atom stereocenters. The summed E-state index contributed by atoms with van der Waals surface area (Å²) in [5.41, 5.74) is 7.96. The van der Waals surface area contributed by atoms with Crippen LogP contribution in [0.4, 0.5) is 5.69 Å². The Balaban J connectivity index is 1.66. The first-order valence-electron chi connectivity index (χ1n) is 6.58. The normalized spacial score (nSPS) is 31.8. The number of halogens is 1. The maximum absolute atomic E-state index is 9.91. The average Bonchev–Trinajstić information content (AvgIpc) is 2.87. The van der Waals surface area contributed by atoms with Crippen LogP contribution >= 0.6 is 15.9 Å². The summed E-state index contributed by atoms with van der Waals surface area (Å²) < 4.78 is 0.958. The van der Waals surface area contributed by atoms with Crippen LogP contribution in [-0.4, -0.2) is 29.2 Å². The van der Waals surface area contributed by atoms with Gasteiger partial charge in [-0.2, -0.15) is 0 Å². The minimum atomic E-state index is -0.0741. The number of rotatable bonds is 2. The van der Waals surface area contributed by atoms with E-state index in [4.69, 9.17) is 5.73 Å². The van der Waals surface area contributed by atoms with Crippen molar-refractivity contribution in [1.82, 2.24) is 4.90 Å². The molecular formula is C14H19BrN2O. The van der Waals surface area contributed by atoms with Crippen molar-refractivity contribution in [3.05, 3.63) is 28.2 Å². The van der Waals surface area contributed by atoms with Crippen LogP contribution in [-0.2, 0) is 6.54 Å². The fourth-order valence-corrected chi connectivity index (χ4v) is 3.65. The number of hydrogen-bond acceptors (Lipinski definition) is 3. The van der Waals surface area contributed by atoms with E-state index in [1.54, 1.807) is 0 Å². The molecule has 0 radical (unpaired) electrons. The minimum Gasteiger partial charge on any atom is -0.398 e. The summed E-state index contributed by atoms with van der Waals surface area (Å²) in [6.45, 7) is 3.09. The standard InChI is InChI=1S/C14H19BrN2O/c15-12-3-1-9(5-13(12)16)6-17-7-10-2-4-14(18)11(10)8-17/h1,3,5,10-11,14,18H,2,4,6-8,16H2. The zero-order valence-corrected chi connectivity index (χ0v) is 11.9. The molecule has 4 heteroatoms. The predicted octanol–water partition coefficient (Wildman–Crippen LogP) is 2.23. The smallest absolute Gasteiger partial charge is 0.0583 e.